The number of halogens is 1. The predicted molar refractivity (Wildman–Crippen MR) is 99.7 cm³/mol. The van der Waals surface area contributed by atoms with Gasteiger partial charge in [-0.2, -0.15) is 0 Å². The standard InChI is InChI=1S/C18H15ClN2O3S/c1-23-13-6-4-5-12(9-13)15-11-25-18(20-15)21-17(22)10-24-16-8-3-2-7-14(16)19/h2-9,11H,10H2,1H3,(H,20,21,22). The number of benzene rings is 2. The topological polar surface area (TPSA) is 60.5 Å². The Morgan fingerprint density at radius 1 is 1.24 bits per heavy atom. The van der Waals surface area contributed by atoms with Gasteiger partial charge < -0.3 is 9.47 Å². The van der Waals surface area contributed by atoms with Crippen LogP contribution in [0.5, 0.6) is 11.5 Å². The van der Waals surface area contributed by atoms with Gasteiger partial charge in [0.15, 0.2) is 11.7 Å². The molecular weight excluding hydrogens is 360 g/mol. The van der Waals surface area contributed by atoms with Gasteiger partial charge in [-0.15, -0.1) is 11.3 Å². The third kappa shape index (κ3) is 4.49. The minimum absolute atomic E-state index is 0.141. The van der Waals surface area contributed by atoms with Crippen molar-refractivity contribution in [2.45, 2.75) is 0 Å². The number of carbonyl (C=O) groups is 1. The molecule has 0 saturated heterocycles. The van der Waals surface area contributed by atoms with E-state index in [4.69, 9.17) is 21.1 Å². The van der Waals surface area contributed by atoms with Gasteiger partial charge in [-0.1, -0.05) is 35.9 Å². The zero-order chi connectivity index (χ0) is 17.6. The number of para-hydroxylation sites is 1. The molecule has 1 aromatic heterocycles. The number of nitrogens with zero attached hydrogens (tertiary/aromatic N) is 1. The Kier molecular flexibility index (Phi) is 5.53. The molecule has 0 aliphatic carbocycles. The van der Waals surface area contributed by atoms with E-state index in [-0.39, 0.29) is 12.5 Å². The van der Waals surface area contributed by atoms with Crippen LogP contribution in [0.25, 0.3) is 11.3 Å². The monoisotopic (exact) mass is 374 g/mol. The van der Waals surface area contributed by atoms with Gasteiger partial charge in [-0.3, -0.25) is 10.1 Å². The zero-order valence-corrected chi connectivity index (χ0v) is 14.9. The number of rotatable bonds is 6. The molecule has 128 valence electrons. The second kappa shape index (κ2) is 8.00. The van der Waals surface area contributed by atoms with Crippen molar-refractivity contribution in [2.24, 2.45) is 0 Å². The first-order chi connectivity index (χ1) is 12.2. The first kappa shape index (κ1) is 17.3. The van der Waals surface area contributed by atoms with E-state index < -0.39 is 0 Å². The summed E-state index contributed by atoms with van der Waals surface area (Å²) in [7, 11) is 1.62. The van der Waals surface area contributed by atoms with E-state index in [1.165, 1.54) is 11.3 Å². The molecule has 0 saturated carbocycles. The molecule has 3 rings (SSSR count). The van der Waals surface area contributed by atoms with Crippen LogP contribution in [-0.4, -0.2) is 24.6 Å². The largest absolute Gasteiger partial charge is 0.497 e. The molecule has 2 aromatic carbocycles. The van der Waals surface area contributed by atoms with Gasteiger partial charge in [-0.05, 0) is 24.3 Å². The average molecular weight is 375 g/mol. The Balaban J connectivity index is 1.61. The van der Waals surface area contributed by atoms with Gasteiger partial charge in [0.25, 0.3) is 5.91 Å². The number of aromatic nitrogens is 1. The fourth-order valence-corrected chi connectivity index (χ4v) is 3.03. The number of hydrogen-bond donors (Lipinski definition) is 1. The summed E-state index contributed by atoms with van der Waals surface area (Å²) in [5.41, 5.74) is 1.69. The molecule has 1 heterocycles. The number of thiazole rings is 1. The lowest BCUT2D eigenvalue weighted by Crippen LogP contribution is -2.20. The van der Waals surface area contributed by atoms with Crippen LogP contribution in [0.3, 0.4) is 0 Å². The Morgan fingerprint density at radius 3 is 2.88 bits per heavy atom. The molecule has 5 nitrogen and oxygen atoms in total. The molecule has 0 fully saturated rings. The summed E-state index contributed by atoms with van der Waals surface area (Å²) in [6.07, 6.45) is 0. The van der Waals surface area contributed by atoms with E-state index in [0.29, 0.717) is 15.9 Å². The Hall–Kier alpha value is -2.57. The maximum Gasteiger partial charge on any atom is 0.264 e. The van der Waals surface area contributed by atoms with Crippen LogP contribution < -0.4 is 14.8 Å². The number of anilines is 1. The van der Waals surface area contributed by atoms with Gasteiger partial charge in [-0.25, -0.2) is 4.98 Å². The molecule has 25 heavy (non-hydrogen) atoms. The number of ether oxygens (including phenoxy) is 2. The van der Waals surface area contributed by atoms with E-state index in [9.17, 15) is 4.79 Å². The summed E-state index contributed by atoms with van der Waals surface area (Å²) in [5.74, 6) is 0.922. The van der Waals surface area contributed by atoms with Crippen molar-refractivity contribution in [3.63, 3.8) is 0 Å². The van der Waals surface area contributed by atoms with Crippen LogP contribution >= 0.6 is 22.9 Å². The lowest BCUT2D eigenvalue weighted by molar-refractivity contribution is -0.118. The number of methoxy groups -OCH3 is 1. The summed E-state index contributed by atoms with van der Waals surface area (Å²) in [6.45, 7) is -0.141. The lowest BCUT2D eigenvalue weighted by atomic mass is 10.2. The summed E-state index contributed by atoms with van der Waals surface area (Å²) in [6, 6.07) is 14.6. The van der Waals surface area contributed by atoms with Crippen molar-refractivity contribution in [3.05, 3.63) is 58.9 Å². The molecule has 7 heteroatoms. The number of nitrogens with one attached hydrogen (secondary N) is 1. The number of hydrogen-bond acceptors (Lipinski definition) is 5. The molecule has 1 amide bonds. The third-order valence-electron chi connectivity index (χ3n) is 3.31. The second-order valence-corrected chi connectivity index (χ2v) is 6.30. The number of carbonyl (C=O) groups excluding carboxylic acids is 1. The van der Waals surface area contributed by atoms with Crippen LogP contribution in [0.15, 0.2) is 53.9 Å². The minimum atomic E-state index is -0.300. The van der Waals surface area contributed by atoms with E-state index >= 15 is 0 Å². The van der Waals surface area contributed by atoms with Crippen LogP contribution in [0, 0.1) is 0 Å². The van der Waals surface area contributed by atoms with E-state index in [1.807, 2.05) is 29.6 Å². The van der Waals surface area contributed by atoms with Gasteiger partial charge >= 0.3 is 0 Å². The number of amides is 1. The van der Waals surface area contributed by atoms with Crippen molar-refractivity contribution < 1.29 is 14.3 Å². The summed E-state index contributed by atoms with van der Waals surface area (Å²) in [5, 5.41) is 5.56. The molecule has 0 spiro atoms. The Labute approximate surface area is 154 Å². The van der Waals surface area contributed by atoms with Crippen molar-refractivity contribution in [3.8, 4) is 22.8 Å². The maximum atomic E-state index is 12.0. The van der Waals surface area contributed by atoms with Gasteiger partial charge in [0.05, 0.1) is 17.8 Å². The average Bonchev–Trinajstić information content (AvgIpc) is 3.09. The van der Waals surface area contributed by atoms with Crippen LogP contribution in [0.1, 0.15) is 0 Å². The van der Waals surface area contributed by atoms with Crippen LogP contribution in [-0.2, 0) is 4.79 Å². The first-order valence-corrected chi connectivity index (χ1v) is 8.68. The molecule has 0 atom stereocenters. The Bertz CT molecular complexity index is 882. The fourth-order valence-electron chi connectivity index (χ4n) is 2.11. The Morgan fingerprint density at radius 2 is 2.08 bits per heavy atom. The molecule has 0 aliphatic heterocycles. The predicted octanol–water partition coefficient (Wildman–Crippen LogP) is 4.49. The highest BCUT2D eigenvalue weighted by atomic mass is 35.5. The molecule has 0 aliphatic rings. The highest BCUT2D eigenvalue weighted by Crippen LogP contribution is 2.27. The molecule has 0 unspecified atom stereocenters. The first-order valence-electron chi connectivity index (χ1n) is 7.43. The molecule has 0 radical (unpaired) electrons. The molecule has 0 bridgehead atoms. The normalized spacial score (nSPS) is 10.3. The van der Waals surface area contributed by atoms with Gasteiger partial charge in [0.2, 0.25) is 0 Å². The van der Waals surface area contributed by atoms with E-state index in [2.05, 4.69) is 10.3 Å². The fraction of sp³-hybridized carbons (Fsp3) is 0.111. The summed E-state index contributed by atoms with van der Waals surface area (Å²) in [4.78, 5) is 16.4. The summed E-state index contributed by atoms with van der Waals surface area (Å²) >= 11 is 7.33. The smallest absolute Gasteiger partial charge is 0.264 e. The highest BCUT2D eigenvalue weighted by molar-refractivity contribution is 7.14. The van der Waals surface area contributed by atoms with E-state index in [1.54, 1.807) is 31.4 Å². The van der Waals surface area contributed by atoms with Crippen molar-refractivity contribution in [1.82, 2.24) is 4.98 Å². The highest BCUT2D eigenvalue weighted by Gasteiger charge is 2.10. The van der Waals surface area contributed by atoms with Crippen molar-refractivity contribution in [1.29, 1.82) is 0 Å². The van der Waals surface area contributed by atoms with Gasteiger partial charge in [0, 0.05) is 10.9 Å². The maximum absolute atomic E-state index is 12.0. The molecule has 3 aromatic rings. The van der Waals surface area contributed by atoms with Gasteiger partial charge in [0.1, 0.15) is 11.5 Å². The van der Waals surface area contributed by atoms with Crippen molar-refractivity contribution >= 4 is 34.0 Å². The van der Waals surface area contributed by atoms with Crippen molar-refractivity contribution in [2.75, 3.05) is 19.0 Å². The van der Waals surface area contributed by atoms with E-state index in [0.717, 1.165) is 17.0 Å². The second-order valence-electron chi connectivity index (χ2n) is 5.04. The van der Waals surface area contributed by atoms with Crippen LogP contribution in [0.2, 0.25) is 5.02 Å². The molecule has 1 N–H and O–H groups in total. The zero-order valence-electron chi connectivity index (χ0n) is 13.4. The summed E-state index contributed by atoms with van der Waals surface area (Å²) < 4.78 is 10.6. The molecular formula is C18H15ClN2O3S. The minimum Gasteiger partial charge on any atom is -0.497 e. The lowest BCUT2D eigenvalue weighted by Gasteiger charge is -2.07. The third-order valence-corrected chi connectivity index (χ3v) is 4.38. The SMILES string of the molecule is COc1cccc(-c2csc(NC(=O)COc3ccccc3Cl)n2)c1. The van der Waals surface area contributed by atoms with Crippen LogP contribution in [0.4, 0.5) is 5.13 Å². The quantitative estimate of drug-likeness (QED) is 0.690.